The zero-order valence-corrected chi connectivity index (χ0v) is 9.89. The molecule has 0 aliphatic carbocycles. The summed E-state index contributed by atoms with van der Waals surface area (Å²) in [7, 11) is 0. The van der Waals surface area contributed by atoms with Crippen molar-refractivity contribution in [1.29, 1.82) is 0 Å². The number of nitrogens with two attached hydrogens (primary N) is 1. The predicted molar refractivity (Wildman–Crippen MR) is 67.6 cm³/mol. The molecule has 2 rings (SSSR count). The summed E-state index contributed by atoms with van der Waals surface area (Å²) >= 11 is 0. The maximum absolute atomic E-state index is 5.76. The molecule has 0 radical (unpaired) electrons. The van der Waals surface area contributed by atoms with Crippen molar-refractivity contribution in [3.8, 4) is 5.75 Å². The van der Waals surface area contributed by atoms with Gasteiger partial charge in [-0.3, -0.25) is 4.98 Å². The van der Waals surface area contributed by atoms with E-state index in [1.54, 1.807) is 12.4 Å². The molecule has 2 aromatic rings. The van der Waals surface area contributed by atoms with Gasteiger partial charge in [-0.1, -0.05) is 17.7 Å². The molecular formula is C14H16N2O. The van der Waals surface area contributed by atoms with Crippen LogP contribution in [0.15, 0.2) is 42.7 Å². The van der Waals surface area contributed by atoms with E-state index in [0.717, 1.165) is 16.9 Å². The van der Waals surface area contributed by atoms with Crippen LogP contribution in [0.5, 0.6) is 5.75 Å². The van der Waals surface area contributed by atoms with Gasteiger partial charge in [-0.15, -0.1) is 0 Å². The highest BCUT2D eigenvalue weighted by atomic mass is 16.5. The third kappa shape index (κ3) is 3.04. The number of hydrogen-bond acceptors (Lipinski definition) is 3. The topological polar surface area (TPSA) is 48.1 Å². The monoisotopic (exact) mass is 228 g/mol. The zero-order valence-electron chi connectivity index (χ0n) is 9.89. The quantitative estimate of drug-likeness (QED) is 0.874. The Balaban J connectivity index is 2.09. The second-order valence-corrected chi connectivity index (χ2v) is 3.96. The highest BCUT2D eigenvalue weighted by Crippen LogP contribution is 2.20. The molecule has 88 valence electrons. The lowest BCUT2D eigenvalue weighted by molar-refractivity contribution is 0.303. The van der Waals surface area contributed by atoms with E-state index >= 15 is 0 Å². The van der Waals surface area contributed by atoms with Gasteiger partial charge in [0.05, 0.1) is 0 Å². The van der Waals surface area contributed by atoms with Crippen LogP contribution < -0.4 is 10.5 Å². The van der Waals surface area contributed by atoms with E-state index in [-0.39, 0.29) is 0 Å². The molecular weight excluding hydrogens is 212 g/mol. The van der Waals surface area contributed by atoms with Gasteiger partial charge in [-0.05, 0) is 30.7 Å². The fourth-order valence-electron chi connectivity index (χ4n) is 1.65. The van der Waals surface area contributed by atoms with E-state index in [9.17, 15) is 0 Å². The van der Waals surface area contributed by atoms with Crippen LogP contribution in [0.3, 0.4) is 0 Å². The Labute approximate surface area is 101 Å². The molecule has 0 aliphatic heterocycles. The number of benzene rings is 1. The van der Waals surface area contributed by atoms with E-state index < -0.39 is 0 Å². The van der Waals surface area contributed by atoms with Crippen LogP contribution in [-0.4, -0.2) is 4.98 Å². The van der Waals surface area contributed by atoms with E-state index in [2.05, 4.69) is 11.1 Å². The fraction of sp³-hybridized carbons (Fsp3) is 0.214. The van der Waals surface area contributed by atoms with E-state index in [0.29, 0.717) is 13.2 Å². The molecule has 0 spiro atoms. The second kappa shape index (κ2) is 5.46. The molecule has 0 saturated carbocycles. The van der Waals surface area contributed by atoms with Crippen molar-refractivity contribution in [3.05, 3.63) is 59.4 Å². The Kier molecular flexibility index (Phi) is 3.73. The van der Waals surface area contributed by atoms with Gasteiger partial charge in [-0.2, -0.15) is 0 Å². The molecule has 3 nitrogen and oxygen atoms in total. The smallest absolute Gasteiger partial charge is 0.124 e. The maximum atomic E-state index is 5.76. The Morgan fingerprint density at radius 2 is 1.94 bits per heavy atom. The summed E-state index contributed by atoms with van der Waals surface area (Å²) in [6, 6.07) is 9.94. The summed E-state index contributed by atoms with van der Waals surface area (Å²) in [5.41, 5.74) is 9.04. The Morgan fingerprint density at radius 1 is 1.18 bits per heavy atom. The average molecular weight is 228 g/mol. The van der Waals surface area contributed by atoms with Crippen LogP contribution in [0.4, 0.5) is 0 Å². The van der Waals surface area contributed by atoms with Gasteiger partial charge in [-0.25, -0.2) is 0 Å². The second-order valence-electron chi connectivity index (χ2n) is 3.96. The Hall–Kier alpha value is -1.87. The van der Waals surface area contributed by atoms with Gasteiger partial charge >= 0.3 is 0 Å². The highest BCUT2D eigenvalue weighted by molar-refractivity contribution is 5.36. The highest BCUT2D eigenvalue weighted by Gasteiger charge is 2.02. The summed E-state index contributed by atoms with van der Waals surface area (Å²) < 4.78 is 5.76. The average Bonchev–Trinajstić information content (AvgIpc) is 2.38. The number of rotatable bonds is 4. The van der Waals surface area contributed by atoms with Crippen molar-refractivity contribution in [3.63, 3.8) is 0 Å². The summed E-state index contributed by atoms with van der Waals surface area (Å²) in [6.45, 7) is 3.08. The lowest BCUT2D eigenvalue weighted by Gasteiger charge is -2.11. The zero-order chi connectivity index (χ0) is 12.1. The van der Waals surface area contributed by atoms with Crippen molar-refractivity contribution in [2.24, 2.45) is 5.73 Å². The number of ether oxygens (including phenoxy) is 1. The first-order valence-corrected chi connectivity index (χ1v) is 5.61. The van der Waals surface area contributed by atoms with Crippen LogP contribution >= 0.6 is 0 Å². The number of hydrogen-bond donors (Lipinski definition) is 1. The minimum Gasteiger partial charge on any atom is -0.489 e. The van der Waals surface area contributed by atoms with Crippen molar-refractivity contribution >= 4 is 0 Å². The largest absolute Gasteiger partial charge is 0.489 e. The third-order valence-corrected chi connectivity index (χ3v) is 2.58. The van der Waals surface area contributed by atoms with Gasteiger partial charge in [0.2, 0.25) is 0 Å². The van der Waals surface area contributed by atoms with Crippen LogP contribution in [0.1, 0.15) is 16.7 Å². The molecule has 0 unspecified atom stereocenters. The predicted octanol–water partition coefficient (Wildman–Crippen LogP) is 2.43. The lowest BCUT2D eigenvalue weighted by Crippen LogP contribution is -2.03. The van der Waals surface area contributed by atoms with Crippen LogP contribution in [-0.2, 0) is 13.2 Å². The summed E-state index contributed by atoms with van der Waals surface area (Å²) in [4.78, 5) is 3.97. The van der Waals surface area contributed by atoms with Crippen LogP contribution in [0.25, 0.3) is 0 Å². The number of nitrogens with zero attached hydrogens (tertiary/aromatic N) is 1. The first-order valence-electron chi connectivity index (χ1n) is 5.61. The van der Waals surface area contributed by atoms with Gasteiger partial charge < -0.3 is 10.5 Å². The molecule has 0 saturated heterocycles. The van der Waals surface area contributed by atoms with E-state index in [1.807, 2.05) is 31.2 Å². The first-order chi connectivity index (χ1) is 8.29. The van der Waals surface area contributed by atoms with Crippen LogP contribution in [0, 0.1) is 6.92 Å². The molecule has 0 bridgehead atoms. The normalized spacial score (nSPS) is 10.2. The van der Waals surface area contributed by atoms with Gasteiger partial charge in [0.1, 0.15) is 12.4 Å². The molecule has 0 fully saturated rings. The molecule has 2 N–H and O–H groups in total. The van der Waals surface area contributed by atoms with Crippen LogP contribution in [0.2, 0.25) is 0 Å². The Bertz CT molecular complexity index is 483. The first kappa shape index (κ1) is 11.6. The molecule has 0 amide bonds. The molecule has 1 aromatic carbocycles. The standard InChI is InChI=1S/C14H16N2O/c1-11-2-3-14(13(8-11)9-15)17-10-12-4-6-16-7-5-12/h2-8H,9-10,15H2,1H3. The minimum atomic E-state index is 0.493. The molecule has 0 atom stereocenters. The van der Waals surface area contributed by atoms with Crippen molar-refractivity contribution in [1.82, 2.24) is 4.98 Å². The van der Waals surface area contributed by atoms with Gasteiger partial charge in [0.25, 0.3) is 0 Å². The molecule has 0 aliphatic rings. The third-order valence-electron chi connectivity index (χ3n) is 2.58. The molecule has 1 aromatic heterocycles. The molecule has 3 heteroatoms. The number of aromatic nitrogens is 1. The number of pyridine rings is 1. The summed E-state index contributed by atoms with van der Waals surface area (Å²) in [5, 5.41) is 0. The molecule has 1 heterocycles. The van der Waals surface area contributed by atoms with E-state index in [4.69, 9.17) is 10.5 Å². The fourth-order valence-corrected chi connectivity index (χ4v) is 1.65. The summed E-state index contributed by atoms with van der Waals surface area (Å²) in [5.74, 6) is 0.856. The SMILES string of the molecule is Cc1ccc(OCc2ccncc2)c(CN)c1. The van der Waals surface area contributed by atoms with Crippen molar-refractivity contribution < 1.29 is 4.74 Å². The van der Waals surface area contributed by atoms with Crippen molar-refractivity contribution in [2.75, 3.05) is 0 Å². The Morgan fingerprint density at radius 3 is 2.65 bits per heavy atom. The maximum Gasteiger partial charge on any atom is 0.124 e. The van der Waals surface area contributed by atoms with Crippen molar-refractivity contribution in [2.45, 2.75) is 20.1 Å². The van der Waals surface area contributed by atoms with Gasteiger partial charge in [0, 0.05) is 24.5 Å². The minimum absolute atomic E-state index is 0.493. The molecule has 17 heavy (non-hydrogen) atoms. The lowest BCUT2D eigenvalue weighted by atomic mass is 10.1. The summed E-state index contributed by atoms with van der Waals surface area (Å²) in [6.07, 6.45) is 3.52. The van der Waals surface area contributed by atoms with E-state index in [1.165, 1.54) is 5.56 Å². The van der Waals surface area contributed by atoms with Gasteiger partial charge in [0.15, 0.2) is 0 Å². The number of aryl methyl sites for hydroxylation is 1.